The van der Waals surface area contributed by atoms with Gasteiger partial charge in [-0.1, -0.05) is 6.07 Å². The molecule has 1 aliphatic rings. The van der Waals surface area contributed by atoms with Gasteiger partial charge in [-0.3, -0.25) is 0 Å². The van der Waals surface area contributed by atoms with Crippen LogP contribution in [0.2, 0.25) is 0 Å². The number of fused-ring (bicyclic) bond motifs is 1. The van der Waals surface area contributed by atoms with Crippen molar-refractivity contribution in [1.82, 2.24) is 0 Å². The minimum atomic E-state index is -0.955. The molecule has 0 radical (unpaired) electrons. The second kappa shape index (κ2) is 9.67. The van der Waals surface area contributed by atoms with Crippen LogP contribution in [0.3, 0.4) is 0 Å². The van der Waals surface area contributed by atoms with Gasteiger partial charge in [0.2, 0.25) is 0 Å². The SMILES string of the molecule is CC(C)OC(=O)Oc1ccc([C@@H]2CCc3c(O)cc(O)cc3O2)cc1OC(=O)OC(C)C. The van der Waals surface area contributed by atoms with Crippen LogP contribution in [0.4, 0.5) is 9.59 Å². The number of hydrogen-bond donors (Lipinski definition) is 2. The first kappa shape index (κ1) is 23.1. The molecule has 172 valence electrons. The van der Waals surface area contributed by atoms with Gasteiger partial charge in [0, 0.05) is 17.7 Å². The van der Waals surface area contributed by atoms with Crippen LogP contribution in [0.15, 0.2) is 30.3 Å². The smallest absolute Gasteiger partial charge is 0.508 e. The fraction of sp³-hybridized carbons (Fsp3) is 0.391. The van der Waals surface area contributed by atoms with Crippen LogP contribution < -0.4 is 14.2 Å². The molecule has 0 aromatic heterocycles. The summed E-state index contributed by atoms with van der Waals surface area (Å²) in [5.74, 6) is 0.149. The molecule has 0 saturated heterocycles. The molecule has 2 aromatic rings. The van der Waals surface area contributed by atoms with Gasteiger partial charge < -0.3 is 33.9 Å². The monoisotopic (exact) mass is 446 g/mol. The first-order valence-electron chi connectivity index (χ1n) is 10.2. The number of benzene rings is 2. The van der Waals surface area contributed by atoms with Crippen LogP contribution in [0.5, 0.6) is 28.7 Å². The summed E-state index contributed by atoms with van der Waals surface area (Å²) in [6.07, 6.45) is -2.11. The maximum Gasteiger partial charge on any atom is 0.514 e. The van der Waals surface area contributed by atoms with Gasteiger partial charge in [0.15, 0.2) is 11.5 Å². The normalized spacial score (nSPS) is 15.0. The van der Waals surface area contributed by atoms with E-state index in [1.165, 1.54) is 24.3 Å². The molecule has 0 aliphatic carbocycles. The topological polar surface area (TPSA) is 121 Å². The van der Waals surface area contributed by atoms with E-state index in [2.05, 4.69) is 0 Å². The third-order valence-corrected chi connectivity index (χ3v) is 4.49. The van der Waals surface area contributed by atoms with Gasteiger partial charge in [-0.2, -0.15) is 0 Å². The van der Waals surface area contributed by atoms with Crippen molar-refractivity contribution < 1.29 is 43.5 Å². The molecule has 2 aromatic carbocycles. The Morgan fingerprint density at radius 1 is 0.938 bits per heavy atom. The van der Waals surface area contributed by atoms with E-state index in [0.717, 1.165) is 0 Å². The molecule has 1 atom stereocenters. The molecular formula is C23H26O9. The summed E-state index contributed by atoms with van der Waals surface area (Å²) in [6, 6.07) is 7.33. The van der Waals surface area contributed by atoms with Crippen molar-refractivity contribution in [3.8, 4) is 28.7 Å². The van der Waals surface area contributed by atoms with Crippen LogP contribution in [0, 0.1) is 0 Å². The summed E-state index contributed by atoms with van der Waals surface area (Å²) in [7, 11) is 0. The molecule has 0 amide bonds. The molecular weight excluding hydrogens is 420 g/mol. The fourth-order valence-corrected chi connectivity index (χ4v) is 3.20. The molecule has 1 aliphatic heterocycles. The number of aromatic hydroxyl groups is 2. The summed E-state index contributed by atoms with van der Waals surface area (Å²) in [5.41, 5.74) is 1.24. The molecule has 0 fully saturated rings. The van der Waals surface area contributed by atoms with Crippen LogP contribution in [-0.4, -0.2) is 34.7 Å². The number of phenolic OH excluding ortho intramolecular Hbond substituents is 2. The third-order valence-electron chi connectivity index (χ3n) is 4.49. The highest BCUT2D eigenvalue weighted by Crippen LogP contribution is 2.43. The highest BCUT2D eigenvalue weighted by atomic mass is 16.7. The molecule has 3 rings (SSSR count). The number of phenols is 2. The van der Waals surface area contributed by atoms with Gasteiger partial charge in [-0.15, -0.1) is 0 Å². The average Bonchev–Trinajstić information content (AvgIpc) is 2.67. The summed E-state index contributed by atoms with van der Waals surface area (Å²) >= 11 is 0. The Kier molecular flexibility index (Phi) is 6.97. The second-order valence-electron chi connectivity index (χ2n) is 7.83. The predicted octanol–water partition coefficient (Wildman–Crippen LogP) is 5.01. The fourth-order valence-electron chi connectivity index (χ4n) is 3.20. The van der Waals surface area contributed by atoms with Crippen molar-refractivity contribution in [2.45, 2.75) is 58.8 Å². The van der Waals surface area contributed by atoms with E-state index < -0.39 is 24.5 Å². The van der Waals surface area contributed by atoms with E-state index in [4.69, 9.17) is 23.7 Å². The number of carbonyl (C=O) groups is 2. The van der Waals surface area contributed by atoms with Gasteiger partial charge >= 0.3 is 12.3 Å². The van der Waals surface area contributed by atoms with Crippen molar-refractivity contribution in [1.29, 1.82) is 0 Å². The maximum absolute atomic E-state index is 12.1. The lowest BCUT2D eigenvalue weighted by atomic mass is 9.96. The standard InChI is InChI=1S/C23H26O9/c1-12(2)28-22(26)31-19-7-5-14(9-21(19)32-23(27)29-13(3)4)18-8-6-16-17(25)10-15(24)11-20(16)30-18/h5,7,9-13,18,24-25H,6,8H2,1-4H3/t18-/m0/s1. The first-order chi connectivity index (χ1) is 15.1. The van der Waals surface area contributed by atoms with Crippen LogP contribution in [0.25, 0.3) is 0 Å². The van der Waals surface area contributed by atoms with Gasteiger partial charge in [0.1, 0.15) is 23.4 Å². The summed E-state index contributed by atoms with van der Waals surface area (Å²) in [5, 5.41) is 19.8. The van der Waals surface area contributed by atoms with E-state index in [-0.39, 0.29) is 29.1 Å². The molecule has 9 heteroatoms. The molecule has 0 bridgehead atoms. The van der Waals surface area contributed by atoms with Gasteiger partial charge in [-0.05, 0) is 58.2 Å². The molecule has 0 spiro atoms. The van der Waals surface area contributed by atoms with Crippen LogP contribution in [0.1, 0.15) is 51.3 Å². The van der Waals surface area contributed by atoms with E-state index in [1.807, 2.05) is 0 Å². The Labute approximate surface area is 185 Å². The Balaban J connectivity index is 1.87. The zero-order valence-corrected chi connectivity index (χ0v) is 18.3. The van der Waals surface area contributed by atoms with E-state index in [0.29, 0.717) is 29.7 Å². The zero-order chi connectivity index (χ0) is 23.4. The zero-order valence-electron chi connectivity index (χ0n) is 18.3. The summed E-state index contributed by atoms with van der Waals surface area (Å²) in [4.78, 5) is 24.0. The molecule has 9 nitrogen and oxygen atoms in total. The number of carbonyl (C=O) groups excluding carboxylic acids is 2. The van der Waals surface area contributed by atoms with E-state index in [9.17, 15) is 19.8 Å². The number of hydrogen-bond acceptors (Lipinski definition) is 9. The molecule has 0 unspecified atom stereocenters. The lowest BCUT2D eigenvalue weighted by molar-refractivity contribution is 0.0639. The molecule has 32 heavy (non-hydrogen) atoms. The number of ether oxygens (including phenoxy) is 5. The van der Waals surface area contributed by atoms with Gasteiger partial charge in [0.05, 0.1) is 12.2 Å². The predicted molar refractivity (Wildman–Crippen MR) is 112 cm³/mol. The van der Waals surface area contributed by atoms with E-state index >= 15 is 0 Å². The quantitative estimate of drug-likeness (QED) is 0.482. The maximum atomic E-state index is 12.1. The summed E-state index contributed by atoms with van der Waals surface area (Å²) in [6.45, 7) is 6.70. The lowest BCUT2D eigenvalue weighted by Gasteiger charge is -2.27. The Morgan fingerprint density at radius 3 is 2.19 bits per heavy atom. The lowest BCUT2D eigenvalue weighted by Crippen LogP contribution is -2.19. The highest BCUT2D eigenvalue weighted by Gasteiger charge is 2.26. The minimum absolute atomic E-state index is 0.0217. The minimum Gasteiger partial charge on any atom is -0.508 e. The molecule has 1 heterocycles. The largest absolute Gasteiger partial charge is 0.514 e. The van der Waals surface area contributed by atoms with Crippen molar-refractivity contribution in [3.05, 3.63) is 41.5 Å². The van der Waals surface area contributed by atoms with E-state index in [1.54, 1.807) is 33.8 Å². The van der Waals surface area contributed by atoms with Crippen molar-refractivity contribution >= 4 is 12.3 Å². The average molecular weight is 446 g/mol. The Hall–Kier alpha value is -3.62. The number of rotatable bonds is 5. The van der Waals surface area contributed by atoms with Crippen LogP contribution >= 0.6 is 0 Å². The van der Waals surface area contributed by atoms with Crippen LogP contribution in [-0.2, 0) is 15.9 Å². The van der Waals surface area contributed by atoms with Gasteiger partial charge in [0.25, 0.3) is 0 Å². The first-order valence-corrected chi connectivity index (χ1v) is 10.2. The molecule has 0 saturated carbocycles. The third kappa shape index (κ3) is 5.75. The van der Waals surface area contributed by atoms with Crippen molar-refractivity contribution in [2.75, 3.05) is 0 Å². The summed E-state index contributed by atoms with van der Waals surface area (Å²) < 4.78 is 26.4. The van der Waals surface area contributed by atoms with Gasteiger partial charge in [-0.25, -0.2) is 9.59 Å². The van der Waals surface area contributed by atoms with Crippen molar-refractivity contribution in [2.24, 2.45) is 0 Å². The Bertz CT molecular complexity index is 997. The molecule has 2 N–H and O–H groups in total. The highest BCUT2D eigenvalue weighted by molar-refractivity contribution is 5.69. The second-order valence-corrected chi connectivity index (χ2v) is 7.83. The van der Waals surface area contributed by atoms with Crippen molar-refractivity contribution in [3.63, 3.8) is 0 Å². The Morgan fingerprint density at radius 2 is 1.56 bits per heavy atom.